The number of hydrogen-bond acceptors (Lipinski definition) is 3. The van der Waals surface area contributed by atoms with Crippen LogP contribution in [0.3, 0.4) is 0 Å². The highest BCUT2D eigenvalue weighted by molar-refractivity contribution is 7.12. The Morgan fingerprint density at radius 3 is 2.86 bits per heavy atom. The highest BCUT2D eigenvalue weighted by Crippen LogP contribution is 2.32. The quantitative estimate of drug-likeness (QED) is 0.829. The van der Waals surface area contributed by atoms with Gasteiger partial charge in [0.15, 0.2) is 0 Å². The zero-order valence-electron chi connectivity index (χ0n) is 9.18. The Hall–Kier alpha value is -0.410. The van der Waals surface area contributed by atoms with Crippen molar-refractivity contribution in [2.24, 2.45) is 0 Å². The first-order valence-electron chi connectivity index (χ1n) is 5.37. The van der Waals surface area contributed by atoms with Gasteiger partial charge < -0.3 is 5.32 Å². The summed E-state index contributed by atoms with van der Waals surface area (Å²) in [5, 5.41) is 4.73. The molecule has 0 radical (unpaired) electrons. The summed E-state index contributed by atoms with van der Waals surface area (Å²) in [4.78, 5) is 6.26. The molecule has 1 aromatic rings. The molecule has 0 spiro atoms. The summed E-state index contributed by atoms with van der Waals surface area (Å²) in [6, 6.07) is 0. The lowest BCUT2D eigenvalue weighted by atomic mass is 10.1. The SMILES string of the molecule is CCNC(C)(C)c1nc2c(s1)CCC2. The van der Waals surface area contributed by atoms with E-state index in [1.807, 2.05) is 11.3 Å². The maximum atomic E-state index is 4.74. The molecule has 3 heteroatoms. The zero-order chi connectivity index (χ0) is 10.2. The van der Waals surface area contributed by atoms with Gasteiger partial charge in [0.1, 0.15) is 5.01 Å². The van der Waals surface area contributed by atoms with Crippen LogP contribution in [0.4, 0.5) is 0 Å². The smallest absolute Gasteiger partial charge is 0.113 e. The van der Waals surface area contributed by atoms with Crippen LogP contribution in [0.1, 0.15) is 42.8 Å². The van der Waals surface area contributed by atoms with Crippen molar-refractivity contribution >= 4 is 11.3 Å². The number of rotatable bonds is 3. The van der Waals surface area contributed by atoms with E-state index < -0.39 is 0 Å². The summed E-state index contributed by atoms with van der Waals surface area (Å²) in [6.45, 7) is 7.56. The van der Waals surface area contributed by atoms with Crippen molar-refractivity contribution < 1.29 is 0 Å². The summed E-state index contributed by atoms with van der Waals surface area (Å²) < 4.78 is 0. The third-order valence-electron chi connectivity index (χ3n) is 2.75. The molecule has 0 aliphatic heterocycles. The molecule has 0 atom stereocenters. The summed E-state index contributed by atoms with van der Waals surface area (Å²) >= 11 is 1.90. The molecule has 1 aromatic heterocycles. The van der Waals surface area contributed by atoms with E-state index in [4.69, 9.17) is 4.98 Å². The molecule has 1 N–H and O–H groups in total. The standard InChI is InChI=1S/C11H18N2S/c1-4-12-11(2,3)10-13-8-6-5-7-9(8)14-10/h12H,4-7H2,1-3H3. The van der Waals surface area contributed by atoms with E-state index in [0.717, 1.165) is 6.54 Å². The van der Waals surface area contributed by atoms with E-state index in [2.05, 4.69) is 26.1 Å². The van der Waals surface area contributed by atoms with E-state index >= 15 is 0 Å². The van der Waals surface area contributed by atoms with Gasteiger partial charge in [-0.05, 0) is 39.7 Å². The Balaban J connectivity index is 2.24. The first-order chi connectivity index (χ1) is 6.63. The van der Waals surface area contributed by atoms with E-state index in [1.54, 1.807) is 0 Å². The fraction of sp³-hybridized carbons (Fsp3) is 0.727. The largest absolute Gasteiger partial charge is 0.306 e. The van der Waals surface area contributed by atoms with Crippen LogP contribution in [-0.4, -0.2) is 11.5 Å². The molecule has 0 bridgehead atoms. The molecular formula is C11H18N2S. The van der Waals surface area contributed by atoms with Crippen LogP contribution in [-0.2, 0) is 18.4 Å². The average Bonchev–Trinajstić information content (AvgIpc) is 2.60. The van der Waals surface area contributed by atoms with Gasteiger partial charge in [0.25, 0.3) is 0 Å². The predicted octanol–water partition coefficient (Wildman–Crippen LogP) is 2.48. The van der Waals surface area contributed by atoms with Crippen molar-refractivity contribution in [3.05, 3.63) is 15.6 Å². The number of hydrogen-bond donors (Lipinski definition) is 1. The summed E-state index contributed by atoms with van der Waals surface area (Å²) in [5.41, 5.74) is 1.40. The van der Waals surface area contributed by atoms with Gasteiger partial charge in [0.2, 0.25) is 0 Å². The maximum Gasteiger partial charge on any atom is 0.113 e. The number of fused-ring (bicyclic) bond motifs is 1. The molecular weight excluding hydrogens is 192 g/mol. The Kier molecular flexibility index (Phi) is 2.62. The number of thiazole rings is 1. The fourth-order valence-electron chi connectivity index (χ4n) is 1.98. The summed E-state index contributed by atoms with van der Waals surface area (Å²) in [5.74, 6) is 0. The van der Waals surface area contributed by atoms with Crippen LogP contribution in [0.25, 0.3) is 0 Å². The second-order valence-corrected chi connectivity index (χ2v) is 5.48. The third-order valence-corrected chi connectivity index (χ3v) is 4.23. The Bertz CT molecular complexity index is 307. The number of nitrogens with zero attached hydrogens (tertiary/aromatic N) is 1. The van der Waals surface area contributed by atoms with Crippen LogP contribution in [0.2, 0.25) is 0 Å². The molecule has 2 nitrogen and oxygen atoms in total. The van der Waals surface area contributed by atoms with Gasteiger partial charge >= 0.3 is 0 Å². The predicted molar refractivity (Wildman–Crippen MR) is 60.8 cm³/mol. The highest BCUT2D eigenvalue weighted by Gasteiger charge is 2.26. The van der Waals surface area contributed by atoms with Crippen molar-refractivity contribution in [3.8, 4) is 0 Å². The van der Waals surface area contributed by atoms with E-state index in [9.17, 15) is 0 Å². The molecule has 0 saturated carbocycles. The lowest BCUT2D eigenvalue weighted by molar-refractivity contribution is 0.413. The van der Waals surface area contributed by atoms with Gasteiger partial charge in [-0.15, -0.1) is 11.3 Å². The summed E-state index contributed by atoms with van der Waals surface area (Å²) in [7, 11) is 0. The van der Waals surface area contributed by atoms with Gasteiger partial charge in [-0.25, -0.2) is 4.98 Å². The average molecular weight is 210 g/mol. The number of nitrogens with one attached hydrogen (secondary N) is 1. The van der Waals surface area contributed by atoms with Crippen LogP contribution in [0, 0.1) is 0 Å². The maximum absolute atomic E-state index is 4.74. The van der Waals surface area contributed by atoms with Crippen LogP contribution in [0.15, 0.2) is 0 Å². The first kappa shape index (κ1) is 10.1. The summed E-state index contributed by atoms with van der Waals surface area (Å²) in [6.07, 6.45) is 3.74. The molecule has 14 heavy (non-hydrogen) atoms. The third kappa shape index (κ3) is 1.71. The number of aromatic nitrogens is 1. The van der Waals surface area contributed by atoms with E-state index in [-0.39, 0.29) is 5.54 Å². The first-order valence-corrected chi connectivity index (χ1v) is 6.19. The zero-order valence-corrected chi connectivity index (χ0v) is 10.0. The van der Waals surface area contributed by atoms with E-state index in [0.29, 0.717) is 0 Å². The molecule has 2 rings (SSSR count). The molecule has 0 saturated heterocycles. The minimum Gasteiger partial charge on any atom is -0.306 e. The van der Waals surface area contributed by atoms with Gasteiger partial charge in [-0.3, -0.25) is 0 Å². The Morgan fingerprint density at radius 2 is 2.21 bits per heavy atom. The normalized spacial score (nSPS) is 15.9. The van der Waals surface area contributed by atoms with Gasteiger partial charge in [-0.2, -0.15) is 0 Å². The second kappa shape index (κ2) is 3.63. The minimum absolute atomic E-state index is 0.0454. The molecule has 78 valence electrons. The topological polar surface area (TPSA) is 24.9 Å². The lowest BCUT2D eigenvalue weighted by Gasteiger charge is -2.22. The minimum atomic E-state index is 0.0454. The van der Waals surface area contributed by atoms with Gasteiger partial charge in [-0.1, -0.05) is 6.92 Å². The van der Waals surface area contributed by atoms with Crippen molar-refractivity contribution in [3.63, 3.8) is 0 Å². The Labute approximate surface area is 89.8 Å². The molecule has 1 heterocycles. The monoisotopic (exact) mass is 210 g/mol. The van der Waals surface area contributed by atoms with Crippen molar-refractivity contribution in [1.29, 1.82) is 0 Å². The highest BCUT2D eigenvalue weighted by atomic mass is 32.1. The molecule has 0 fully saturated rings. The molecule has 0 unspecified atom stereocenters. The van der Waals surface area contributed by atoms with Crippen LogP contribution < -0.4 is 5.32 Å². The molecule has 0 amide bonds. The number of aryl methyl sites for hydroxylation is 2. The fourth-order valence-corrected chi connectivity index (χ4v) is 3.20. The van der Waals surface area contributed by atoms with Crippen molar-refractivity contribution in [2.75, 3.05) is 6.54 Å². The van der Waals surface area contributed by atoms with Gasteiger partial charge in [0, 0.05) is 4.88 Å². The van der Waals surface area contributed by atoms with Crippen molar-refractivity contribution in [2.45, 2.75) is 45.6 Å². The van der Waals surface area contributed by atoms with Gasteiger partial charge in [0.05, 0.1) is 11.2 Å². The lowest BCUT2D eigenvalue weighted by Crippen LogP contribution is -2.36. The molecule has 1 aliphatic rings. The molecule has 1 aliphatic carbocycles. The molecule has 0 aromatic carbocycles. The Morgan fingerprint density at radius 1 is 1.43 bits per heavy atom. The second-order valence-electron chi connectivity index (χ2n) is 4.40. The van der Waals surface area contributed by atoms with Crippen molar-refractivity contribution in [1.82, 2.24) is 10.3 Å². The van der Waals surface area contributed by atoms with Crippen LogP contribution in [0.5, 0.6) is 0 Å². The van der Waals surface area contributed by atoms with Crippen LogP contribution >= 0.6 is 11.3 Å². The van der Waals surface area contributed by atoms with E-state index in [1.165, 1.54) is 34.8 Å².